The molecule has 26 heavy (non-hydrogen) atoms. The molecule has 1 N–H and O–H groups in total. The van der Waals surface area contributed by atoms with Crippen LogP contribution < -0.4 is 5.32 Å². The highest BCUT2D eigenvalue weighted by molar-refractivity contribution is 6.42. The van der Waals surface area contributed by atoms with E-state index in [9.17, 15) is 4.79 Å². The lowest BCUT2D eigenvalue weighted by Gasteiger charge is -2.06. The van der Waals surface area contributed by atoms with Gasteiger partial charge in [-0.25, -0.2) is 0 Å². The predicted molar refractivity (Wildman–Crippen MR) is 104 cm³/mol. The summed E-state index contributed by atoms with van der Waals surface area (Å²) in [6.45, 7) is 2.79. The lowest BCUT2D eigenvalue weighted by atomic mass is 10.2. The second-order valence-electron chi connectivity index (χ2n) is 5.38. The van der Waals surface area contributed by atoms with Crippen LogP contribution in [0.4, 0.5) is 5.82 Å². The predicted octanol–water partition coefficient (Wildman–Crippen LogP) is 5.01. The van der Waals surface area contributed by atoms with E-state index in [1.807, 2.05) is 13.0 Å². The van der Waals surface area contributed by atoms with Crippen LogP contribution in [0.15, 0.2) is 30.6 Å². The third-order valence-corrected chi connectivity index (χ3v) is 4.88. The Hall–Kier alpha value is -1.73. The van der Waals surface area contributed by atoms with E-state index in [4.69, 9.17) is 46.4 Å². The molecule has 0 aliphatic heterocycles. The third-order valence-electron chi connectivity index (χ3n) is 3.59. The van der Waals surface area contributed by atoms with Gasteiger partial charge in [-0.3, -0.25) is 14.2 Å². The maximum absolute atomic E-state index is 12.5. The SMILES string of the molecule is CCn1ncc(Cl)c1C(=O)Nc1nn(Cc2ccc(Cl)c(Cl)c2)cc1Cl. The Bertz CT molecular complexity index is 966. The summed E-state index contributed by atoms with van der Waals surface area (Å²) in [6.07, 6.45) is 3.03. The molecule has 0 saturated heterocycles. The fourth-order valence-electron chi connectivity index (χ4n) is 2.38. The number of nitrogens with zero attached hydrogens (tertiary/aromatic N) is 4. The minimum Gasteiger partial charge on any atom is -0.302 e. The normalized spacial score (nSPS) is 11.0. The van der Waals surface area contributed by atoms with E-state index in [0.717, 1.165) is 5.56 Å². The highest BCUT2D eigenvalue weighted by Crippen LogP contribution is 2.25. The number of halogens is 4. The molecular formula is C16H13Cl4N5O. The van der Waals surface area contributed by atoms with Crippen molar-refractivity contribution in [2.75, 3.05) is 5.32 Å². The van der Waals surface area contributed by atoms with E-state index in [1.54, 1.807) is 23.0 Å². The monoisotopic (exact) mass is 431 g/mol. The average molecular weight is 433 g/mol. The van der Waals surface area contributed by atoms with Gasteiger partial charge in [-0.05, 0) is 24.6 Å². The Morgan fingerprint density at radius 3 is 2.58 bits per heavy atom. The second-order valence-corrected chi connectivity index (χ2v) is 7.01. The van der Waals surface area contributed by atoms with Crippen molar-refractivity contribution in [1.29, 1.82) is 0 Å². The van der Waals surface area contributed by atoms with Gasteiger partial charge in [0.25, 0.3) is 5.91 Å². The largest absolute Gasteiger partial charge is 0.302 e. The van der Waals surface area contributed by atoms with E-state index in [2.05, 4.69) is 15.5 Å². The van der Waals surface area contributed by atoms with E-state index in [0.29, 0.717) is 28.2 Å². The molecule has 0 fully saturated rings. The molecule has 3 aromatic rings. The van der Waals surface area contributed by atoms with Crippen LogP contribution >= 0.6 is 46.4 Å². The molecule has 10 heteroatoms. The van der Waals surface area contributed by atoms with Gasteiger partial charge in [0, 0.05) is 12.7 Å². The zero-order chi connectivity index (χ0) is 18.8. The zero-order valence-electron chi connectivity index (χ0n) is 13.5. The van der Waals surface area contributed by atoms with Crippen LogP contribution in [0.5, 0.6) is 0 Å². The first-order valence-electron chi connectivity index (χ1n) is 7.58. The van der Waals surface area contributed by atoms with Crippen molar-refractivity contribution < 1.29 is 4.79 Å². The van der Waals surface area contributed by atoms with Crippen LogP contribution in [-0.2, 0) is 13.1 Å². The highest BCUT2D eigenvalue weighted by atomic mass is 35.5. The maximum atomic E-state index is 12.5. The molecule has 0 atom stereocenters. The number of hydrogen-bond donors (Lipinski definition) is 1. The summed E-state index contributed by atoms with van der Waals surface area (Å²) in [5.74, 6) is -0.201. The van der Waals surface area contributed by atoms with Gasteiger partial charge < -0.3 is 5.32 Å². The minimum absolute atomic E-state index is 0.233. The summed E-state index contributed by atoms with van der Waals surface area (Å²) in [6, 6.07) is 5.29. The number of hydrogen-bond acceptors (Lipinski definition) is 3. The van der Waals surface area contributed by atoms with Gasteiger partial charge in [-0.2, -0.15) is 10.2 Å². The summed E-state index contributed by atoms with van der Waals surface area (Å²) in [5, 5.41) is 12.5. The number of nitrogens with one attached hydrogen (secondary N) is 1. The van der Waals surface area contributed by atoms with Crippen LogP contribution in [0.25, 0.3) is 0 Å². The van der Waals surface area contributed by atoms with Crippen LogP contribution in [-0.4, -0.2) is 25.5 Å². The maximum Gasteiger partial charge on any atom is 0.276 e. The fourth-order valence-corrected chi connectivity index (χ4v) is 3.13. The lowest BCUT2D eigenvalue weighted by Crippen LogP contribution is -2.18. The number of carbonyl (C=O) groups excluding carboxylic acids is 1. The number of aryl methyl sites for hydroxylation is 1. The Balaban J connectivity index is 1.78. The summed E-state index contributed by atoms with van der Waals surface area (Å²) >= 11 is 24.2. The Labute approximate surface area is 169 Å². The number of anilines is 1. The summed E-state index contributed by atoms with van der Waals surface area (Å²) in [5.41, 5.74) is 1.15. The van der Waals surface area contributed by atoms with Crippen molar-refractivity contribution in [2.45, 2.75) is 20.0 Å². The number of aromatic nitrogens is 4. The van der Waals surface area contributed by atoms with Crippen molar-refractivity contribution in [3.63, 3.8) is 0 Å². The van der Waals surface area contributed by atoms with Crippen molar-refractivity contribution in [1.82, 2.24) is 19.6 Å². The Morgan fingerprint density at radius 2 is 1.88 bits per heavy atom. The molecule has 0 radical (unpaired) electrons. The van der Waals surface area contributed by atoms with Gasteiger partial charge in [-0.1, -0.05) is 52.5 Å². The van der Waals surface area contributed by atoms with Crippen molar-refractivity contribution >= 4 is 58.1 Å². The van der Waals surface area contributed by atoms with Gasteiger partial charge in [0.05, 0.1) is 27.8 Å². The molecular weight excluding hydrogens is 420 g/mol. The first kappa shape index (κ1) is 19.0. The Morgan fingerprint density at radius 1 is 1.12 bits per heavy atom. The number of carbonyl (C=O) groups is 1. The van der Waals surface area contributed by atoms with Gasteiger partial charge in [0.15, 0.2) is 5.82 Å². The molecule has 2 aromatic heterocycles. The van der Waals surface area contributed by atoms with Crippen molar-refractivity contribution in [2.24, 2.45) is 0 Å². The average Bonchev–Trinajstić information content (AvgIpc) is 3.13. The number of benzene rings is 1. The summed E-state index contributed by atoms with van der Waals surface area (Å²) in [7, 11) is 0. The van der Waals surface area contributed by atoms with E-state index < -0.39 is 5.91 Å². The fraction of sp³-hybridized carbons (Fsp3) is 0.188. The topological polar surface area (TPSA) is 64.7 Å². The van der Waals surface area contributed by atoms with Gasteiger partial charge in [0.1, 0.15) is 10.7 Å². The molecule has 0 spiro atoms. The van der Waals surface area contributed by atoms with Crippen LogP contribution in [0.2, 0.25) is 20.1 Å². The molecule has 1 aromatic carbocycles. The van der Waals surface area contributed by atoms with Gasteiger partial charge >= 0.3 is 0 Å². The smallest absolute Gasteiger partial charge is 0.276 e. The van der Waals surface area contributed by atoms with Crippen molar-refractivity contribution in [3.8, 4) is 0 Å². The van der Waals surface area contributed by atoms with Crippen molar-refractivity contribution in [3.05, 3.63) is 61.9 Å². The standard InChI is InChI=1S/C16H13Cl4N5O/c1-2-25-14(12(19)6-21-25)16(26)22-15-13(20)8-24(23-15)7-9-3-4-10(17)11(18)5-9/h3-6,8H,2,7H2,1H3,(H,22,23,26). The molecule has 0 bridgehead atoms. The molecule has 0 saturated carbocycles. The van der Waals surface area contributed by atoms with Gasteiger partial charge in [0.2, 0.25) is 0 Å². The molecule has 136 valence electrons. The molecule has 0 aliphatic rings. The van der Waals surface area contributed by atoms with Crippen LogP contribution in [0, 0.1) is 0 Å². The van der Waals surface area contributed by atoms with Crippen LogP contribution in [0.3, 0.4) is 0 Å². The molecule has 2 heterocycles. The van der Waals surface area contributed by atoms with Crippen LogP contribution in [0.1, 0.15) is 23.0 Å². The minimum atomic E-state index is -0.434. The number of rotatable bonds is 5. The quantitative estimate of drug-likeness (QED) is 0.615. The Kier molecular flexibility index (Phi) is 5.77. The first-order chi connectivity index (χ1) is 12.4. The number of amides is 1. The molecule has 0 unspecified atom stereocenters. The van der Waals surface area contributed by atoms with Gasteiger partial charge in [-0.15, -0.1) is 0 Å². The zero-order valence-corrected chi connectivity index (χ0v) is 16.5. The first-order valence-corrected chi connectivity index (χ1v) is 9.09. The third kappa shape index (κ3) is 3.99. The van der Waals surface area contributed by atoms with E-state index >= 15 is 0 Å². The second kappa shape index (κ2) is 7.88. The summed E-state index contributed by atoms with van der Waals surface area (Å²) in [4.78, 5) is 12.5. The highest BCUT2D eigenvalue weighted by Gasteiger charge is 2.19. The molecule has 3 rings (SSSR count). The van der Waals surface area contributed by atoms with E-state index in [-0.39, 0.29) is 16.5 Å². The lowest BCUT2D eigenvalue weighted by molar-refractivity contribution is 0.101. The molecule has 6 nitrogen and oxygen atoms in total. The molecule has 0 aliphatic carbocycles. The van der Waals surface area contributed by atoms with E-state index in [1.165, 1.54) is 10.9 Å². The summed E-state index contributed by atoms with van der Waals surface area (Å²) < 4.78 is 3.09. The molecule has 1 amide bonds.